The molecule has 0 saturated heterocycles. The first-order valence-electron chi connectivity index (χ1n) is 12.8. The van der Waals surface area contributed by atoms with Crippen LogP contribution in [0.3, 0.4) is 0 Å². The van der Waals surface area contributed by atoms with Crippen LogP contribution in [-0.2, 0) is 6.54 Å². The number of hydrogen-bond donors (Lipinski definition) is 4. The van der Waals surface area contributed by atoms with Gasteiger partial charge in [-0.3, -0.25) is 14.5 Å². The minimum atomic E-state index is -0.220. The molecule has 1 aliphatic rings. The highest BCUT2D eigenvalue weighted by atomic mass is 16.1. The van der Waals surface area contributed by atoms with Gasteiger partial charge in [-0.15, -0.1) is 0 Å². The smallest absolute Gasteiger partial charge is 0.253 e. The molecule has 1 saturated carbocycles. The Bertz CT molecular complexity index is 1200. The molecule has 2 aromatic rings. The SMILES string of the molecule is Cc1cc(C)c(CNC(=O)c2cc(C#CCN(C)C)cc(NC(C)C3CCC(N)CC3)c2C)c(=O)[nH]1. The summed E-state index contributed by atoms with van der Waals surface area (Å²) < 4.78 is 0. The van der Waals surface area contributed by atoms with Gasteiger partial charge >= 0.3 is 0 Å². The Hall–Kier alpha value is -3.08. The lowest BCUT2D eigenvalue weighted by molar-refractivity contribution is 0.0950. The number of aromatic amines is 1. The zero-order valence-electron chi connectivity index (χ0n) is 22.5. The number of carbonyl (C=O) groups is 1. The molecule has 1 unspecified atom stereocenters. The highest BCUT2D eigenvalue weighted by Gasteiger charge is 2.24. The lowest BCUT2D eigenvalue weighted by Crippen LogP contribution is -2.34. The molecule has 0 spiro atoms. The van der Waals surface area contributed by atoms with E-state index in [0.717, 1.165) is 53.8 Å². The van der Waals surface area contributed by atoms with Crippen molar-refractivity contribution in [3.8, 4) is 11.8 Å². The average Bonchev–Trinajstić information content (AvgIpc) is 2.80. The number of H-pyrrole nitrogens is 1. The second-order valence-electron chi connectivity index (χ2n) is 10.5. The van der Waals surface area contributed by atoms with E-state index in [9.17, 15) is 9.59 Å². The summed E-state index contributed by atoms with van der Waals surface area (Å²) in [5.41, 5.74) is 11.3. The van der Waals surface area contributed by atoms with Crippen molar-refractivity contribution in [2.24, 2.45) is 11.7 Å². The van der Waals surface area contributed by atoms with Gasteiger partial charge in [-0.2, -0.15) is 0 Å². The third-order valence-electron chi connectivity index (χ3n) is 7.11. The number of anilines is 1. The summed E-state index contributed by atoms with van der Waals surface area (Å²) in [5.74, 6) is 6.71. The first kappa shape index (κ1) is 27.5. The van der Waals surface area contributed by atoms with E-state index in [0.29, 0.717) is 29.6 Å². The highest BCUT2D eigenvalue weighted by Crippen LogP contribution is 2.30. The Balaban J connectivity index is 1.86. The van der Waals surface area contributed by atoms with Crippen LogP contribution in [0, 0.1) is 38.5 Å². The van der Waals surface area contributed by atoms with Gasteiger partial charge in [-0.05, 0) is 103 Å². The standard InChI is InChI=1S/C29H41N5O2/c1-18-14-19(2)32-29(36)26(18)17-31-28(35)25-15-22(8-7-13-34(5)6)16-27(20(25)3)33-21(4)23-9-11-24(30)12-10-23/h14-16,21,23-24,33H,9-13,17,30H2,1-6H3,(H,31,35)(H,32,36). The second kappa shape index (κ2) is 12.2. The number of pyridine rings is 1. The van der Waals surface area contributed by atoms with Gasteiger partial charge in [0.2, 0.25) is 0 Å². The van der Waals surface area contributed by atoms with Crippen LogP contribution < -0.4 is 21.9 Å². The first-order valence-corrected chi connectivity index (χ1v) is 12.8. The third kappa shape index (κ3) is 7.22. The number of nitrogens with one attached hydrogen (secondary N) is 3. The maximum absolute atomic E-state index is 13.3. The molecule has 3 rings (SSSR count). The Morgan fingerprint density at radius 3 is 2.50 bits per heavy atom. The highest BCUT2D eigenvalue weighted by molar-refractivity contribution is 5.97. The topological polar surface area (TPSA) is 103 Å². The maximum atomic E-state index is 13.3. The van der Waals surface area contributed by atoms with E-state index in [1.807, 2.05) is 58.0 Å². The molecule has 1 aromatic carbocycles. The zero-order chi connectivity index (χ0) is 26.4. The van der Waals surface area contributed by atoms with E-state index < -0.39 is 0 Å². The number of aromatic nitrogens is 1. The molecule has 1 aliphatic carbocycles. The van der Waals surface area contributed by atoms with Gasteiger partial charge in [0.15, 0.2) is 0 Å². The second-order valence-corrected chi connectivity index (χ2v) is 10.5. The maximum Gasteiger partial charge on any atom is 0.253 e. The van der Waals surface area contributed by atoms with Crippen LogP contribution in [0.15, 0.2) is 23.0 Å². The Morgan fingerprint density at radius 1 is 1.17 bits per heavy atom. The quantitative estimate of drug-likeness (QED) is 0.444. The van der Waals surface area contributed by atoms with Crippen LogP contribution in [0.4, 0.5) is 5.69 Å². The molecule has 5 N–H and O–H groups in total. The Morgan fingerprint density at radius 2 is 1.86 bits per heavy atom. The zero-order valence-corrected chi connectivity index (χ0v) is 22.5. The van der Waals surface area contributed by atoms with Gasteiger partial charge in [-0.1, -0.05) is 11.8 Å². The van der Waals surface area contributed by atoms with Crippen molar-refractivity contribution >= 4 is 11.6 Å². The molecule has 36 heavy (non-hydrogen) atoms. The molecule has 1 fully saturated rings. The van der Waals surface area contributed by atoms with E-state index in [2.05, 4.69) is 34.4 Å². The van der Waals surface area contributed by atoms with Crippen LogP contribution in [0.2, 0.25) is 0 Å². The largest absolute Gasteiger partial charge is 0.382 e. The van der Waals surface area contributed by atoms with Gasteiger partial charge in [0.25, 0.3) is 11.5 Å². The molecule has 7 nitrogen and oxygen atoms in total. The predicted octanol–water partition coefficient (Wildman–Crippen LogP) is 3.46. The van der Waals surface area contributed by atoms with Crippen molar-refractivity contribution in [1.29, 1.82) is 0 Å². The van der Waals surface area contributed by atoms with Gasteiger partial charge in [0, 0.05) is 46.7 Å². The molecule has 194 valence electrons. The molecular formula is C29H41N5O2. The monoisotopic (exact) mass is 491 g/mol. The van der Waals surface area contributed by atoms with E-state index in [-0.39, 0.29) is 24.1 Å². The normalized spacial score (nSPS) is 18.3. The van der Waals surface area contributed by atoms with E-state index >= 15 is 0 Å². The van der Waals surface area contributed by atoms with Gasteiger partial charge < -0.3 is 21.4 Å². The summed E-state index contributed by atoms with van der Waals surface area (Å²) in [4.78, 5) is 30.5. The molecule has 1 aromatic heterocycles. The Kier molecular flexibility index (Phi) is 9.36. The minimum Gasteiger partial charge on any atom is -0.382 e. The number of nitrogens with zero attached hydrogens (tertiary/aromatic N) is 1. The number of nitrogens with two attached hydrogens (primary N) is 1. The van der Waals surface area contributed by atoms with E-state index in [1.54, 1.807) is 0 Å². The molecular weight excluding hydrogens is 450 g/mol. The first-order chi connectivity index (χ1) is 17.0. The van der Waals surface area contributed by atoms with Crippen molar-refractivity contribution in [2.75, 3.05) is 26.0 Å². The molecule has 0 bridgehead atoms. The van der Waals surface area contributed by atoms with Crippen LogP contribution >= 0.6 is 0 Å². The lowest BCUT2D eigenvalue weighted by atomic mass is 9.82. The molecule has 7 heteroatoms. The van der Waals surface area contributed by atoms with Crippen LogP contribution in [0.1, 0.15) is 70.9 Å². The van der Waals surface area contributed by atoms with Crippen molar-refractivity contribution in [3.63, 3.8) is 0 Å². The summed E-state index contributed by atoms with van der Waals surface area (Å²) >= 11 is 0. The van der Waals surface area contributed by atoms with Gasteiger partial charge in [0.05, 0.1) is 6.54 Å². The fourth-order valence-corrected chi connectivity index (χ4v) is 4.85. The lowest BCUT2D eigenvalue weighted by Gasteiger charge is -2.32. The number of aryl methyl sites for hydroxylation is 2. The van der Waals surface area contributed by atoms with Crippen molar-refractivity contribution in [3.05, 3.63) is 62.1 Å². The van der Waals surface area contributed by atoms with E-state index in [1.165, 1.54) is 0 Å². The number of benzene rings is 1. The molecule has 0 radical (unpaired) electrons. The summed E-state index contributed by atoms with van der Waals surface area (Å²) in [6.07, 6.45) is 4.32. The van der Waals surface area contributed by atoms with Gasteiger partial charge in [0.1, 0.15) is 0 Å². The molecule has 0 aliphatic heterocycles. The van der Waals surface area contributed by atoms with E-state index in [4.69, 9.17) is 5.73 Å². The summed E-state index contributed by atoms with van der Waals surface area (Å²) in [5, 5.41) is 6.62. The number of hydrogen-bond acceptors (Lipinski definition) is 5. The predicted molar refractivity (Wildman–Crippen MR) is 147 cm³/mol. The fraction of sp³-hybridized carbons (Fsp3) is 0.517. The molecule has 1 heterocycles. The number of amides is 1. The van der Waals surface area contributed by atoms with Gasteiger partial charge in [-0.25, -0.2) is 0 Å². The van der Waals surface area contributed by atoms with Crippen LogP contribution in [-0.4, -0.2) is 48.5 Å². The number of carbonyl (C=O) groups excluding carboxylic acids is 1. The summed E-state index contributed by atoms with van der Waals surface area (Å²) in [6, 6.07) is 6.36. The summed E-state index contributed by atoms with van der Waals surface area (Å²) in [7, 11) is 3.95. The minimum absolute atomic E-state index is 0.164. The van der Waals surface area contributed by atoms with Crippen molar-refractivity contribution in [1.82, 2.24) is 15.2 Å². The summed E-state index contributed by atoms with van der Waals surface area (Å²) in [6.45, 7) is 8.70. The number of rotatable bonds is 7. The Labute approximate surface area is 215 Å². The molecule has 1 amide bonds. The molecule has 1 atom stereocenters. The average molecular weight is 492 g/mol. The van der Waals surface area contributed by atoms with Crippen LogP contribution in [0.25, 0.3) is 0 Å². The third-order valence-corrected chi connectivity index (χ3v) is 7.11. The van der Waals surface area contributed by atoms with Crippen molar-refractivity contribution < 1.29 is 4.79 Å². The van der Waals surface area contributed by atoms with Crippen molar-refractivity contribution in [2.45, 2.75) is 72.0 Å². The van der Waals surface area contributed by atoms with Crippen LogP contribution in [0.5, 0.6) is 0 Å². The fourth-order valence-electron chi connectivity index (χ4n) is 4.85.